The van der Waals surface area contributed by atoms with Crippen LogP contribution in [0.15, 0.2) is 0 Å². The monoisotopic (exact) mass is 394 g/mol. The van der Waals surface area contributed by atoms with E-state index < -0.39 is 8.80 Å². The molecule has 2 unspecified atom stereocenters. The van der Waals surface area contributed by atoms with Crippen molar-refractivity contribution in [2.24, 2.45) is 11.8 Å². The quantitative estimate of drug-likeness (QED) is 0.330. The maximum Gasteiger partial charge on any atom is 0.504 e. The highest BCUT2D eigenvalue weighted by Gasteiger charge is 2.53. The van der Waals surface area contributed by atoms with Gasteiger partial charge in [-0.2, -0.15) is 25.3 Å². The number of thiol groups is 2. The maximum absolute atomic E-state index is 6.28. The third-order valence-corrected chi connectivity index (χ3v) is 9.38. The van der Waals surface area contributed by atoms with Crippen molar-refractivity contribution in [1.29, 1.82) is 0 Å². The Balaban J connectivity index is 3.13. The second kappa shape index (κ2) is 13.0. The lowest BCUT2D eigenvalue weighted by molar-refractivity contribution is 0.0447. The molecule has 2 atom stereocenters. The van der Waals surface area contributed by atoms with E-state index >= 15 is 0 Å². The molecule has 144 valence electrons. The van der Waals surface area contributed by atoms with Gasteiger partial charge in [-0.25, -0.2) is 0 Å². The van der Waals surface area contributed by atoms with Gasteiger partial charge in [-0.3, -0.25) is 0 Å². The molecule has 0 bridgehead atoms. The zero-order valence-corrected chi connectivity index (χ0v) is 18.6. The first-order valence-corrected chi connectivity index (χ1v) is 12.9. The summed E-state index contributed by atoms with van der Waals surface area (Å²) in [4.78, 5) is 0. The van der Waals surface area contributed by atoms with E-state index in [0.29, 0.717) is 31.3 Å². The maximum atomic E-state index is 6.28. The van der Waals surface area contributed by atoms with Crippen molar-refractivity contribution in [3.63, 3.8) is 0 Å². The standard InChI is InChI=1S/C18H38O3S2Si/c1-4-19-24(20-5-2,21-6-3)18(13-15-23)17(12-14-22)16-10-8-7-9-11-16/h16-18,22-23H,4-15H2,1-3H3. The first-order valence-electron chi connectivity index (χ1n) is 9.82. The highest BCUT2D eigenvalue weighted by atomic mass is 32.1. The van der Waals surface area contributed by atoms with Gasteiger partial charge in [0.05, 0.1) is 0 Å². The van der Waals surface area contributed by atoms with Crippen molar-refractivity contribution in [2.75, 3.05) is 31.3 Å². The van der Waals surface area contributed by atoms with Crippen LogP contribution in [0.3, 0.4) is 0 Å². The summed E-state index contributed by atoms with van der Waals surface area (Å²) in [6.07, 6.45) is 8.87. The van der Waals surface area contributed by atoms with E-state index in [1.165, 1.54) is 32.1 Å². The molecule has 0 aliphatic heterocycles. The predicted octanol–water partition coefficient (Wildman–Crippen LogP) is 5.24. The van der Waals surface area contributed by atoms with E-state index in [9.17, 15) is 0 Å². The number of rotatable bonds is 13. The molecule has 1 fully saturated rings. The minimum absolute atomic E-state index is 0.338. The van der Waals surface area contributed by atoms with Crippen molar-refractivity contribution >= 4 is 34.1 Å². The van der Waals surface area contributed by atoms with Crippen molar-refractivity contribution in [1.82, 2.24) is 0 Å². The molecule has 1 rings (SSSR count). The van der Waals surface area contributed by atoms with Gasteiger partial charge in [0.15, 0.2) is 0 Å². The van der Waals surface area contributed by atoms with Gasteiger partial charge >= 0.3 is 8.80 Å². The van der Waals surface area contributed by atoms with Crippen molar-refractivity contribution in [3.05, 3.63) is 0 Å². The molecule has 1 aliphatic carbocycles. The lowest BCUT2D eigenvalue weighted by Crippen LogP contribution is -2.53. The summed E-state index contributed by atoms with van der Waals surface area (Å²) in [7, 11) is -2.71. The van der Waals surface area contributed by atoms with Crippen molar-refractivity contribution < 1.29 is 13.3 Å². The van der Waals surface area contributed by atoms with Crippen LogP contribution in [0.4, 0.5) is 0 Å². The predicted molar refractivity (Wildman–Crippen MR) is 111 cm³/mol. The molecule has 0 amide bonds. The van der Waals surface area contributed by atoms with Gasteiger partial charge in [0.2, 0.25) is 0 Å². The second-order valence-electron chi connectivity index (χ2n) is 6.60. The molecule has 0 aromatic carbocycles. The Bertz CT molecular complexity index is 298. The third-order valence-electron chi connectivity index (χ3n) is 5.17. The molecule has 3 nitrogen and oxygen atoms in total. The zero-order valence-electron chi connectivity index (χ0n) is 15.8. The fourth-order valence-corrected chi connectivity index (χ4v) is 8.70. The molecule has 0 saturated heterocycles. The summed E-state index contributed by atoms with van der Waals surface area (Å²) in [5, 5.41) is 0. The van der Waals surface area contributed by atoms with Gasteiger partial charge in [-0.05, 0) is 57.0 Å². The zero-order chi connectivity index (χ0) is 17.8. The van der Waals surface area contributed by atoms with Gasteiger partial charge < -0.3 is 13.3 Å². The Kier molecular flexibility index (Phi) is 12.4. The molecule has 1 saturated carbocycles. The minimum Gasteiger partial charge on any atom is -0.374 e. The first-order chi connectivity index (χ1) is 11.7. The molecule has 0 aromatic heterocycles. The summed E-state index contributed by atoms with van der Waals surface area (Å²) in [5.41, 5.74) is 0.338. The SMILES string of the molecule is CCO[Si](OCC)(OCC)C(CCS)C(CCS)C1CCCCC1. The van der Waals surface area contributed by atoms with Crippen LogP contribution >= 0.6 is 25.3 Å². The average molecular weight is 395 g/mol. The lowest BCUT2D eigenvalue weighted by Gasteiger charge is -2.43. The third kappa shape index (κ3) is 6.51. The van der Waals surface area contributed by atoms with Crippen LogP contribution in [0.25, 0.3) is 0 Å². The molecular weight excluding hydrogens is 356 g/mol. The summed E-state index contributed by atoms with van der Waals surface area (Å²) in [6, 6.07) is 0. The first kappa shape index (κ1) is 22.8. The van der Waals surface area contributed by atoms with E-state index in [0.717, 1.165) is 30.3 Å². The van der Waals surface area contributed by atoms with Crippen LogP contribution in [0.5, 0.6) is 0 Å². The van der Waals surface area contributed by atoms with Gasteiger partial charge in [0.1, 0.15) is 0 Å². The van der Waals surface area contributed by atoms with Crippen LogP contribution in [0.2, 0.25) is 5.54 Å². The molecule has 24 heavy (non-hydrogen) atoms. The Hall–Kier alpha value is 0.797. The van der Waals surface area contributed by atoms with Gasteiger partial charge in [0, 0.05) is 25.4 Å². The highest BCUT2D eigenvalue weighted by Crippen LogP contribution is 2.46. The molecule has 0 spiro atoms. The summed E-state index contributed by atoms with van der Waals surface area (Å²) >= 11 is 9.13. The van der Waals surface area contributed by atoms with Crippen molar-refractivity contribution in [2.45, 2.75) is 71.3 Å². The van der Waals surface area contributed by atoms with Gasteiger partial charge in [0.25, 0.3) is 0 Å². The Morgan fingerprint density at radius 3 is 1.75 bits per heavy atom. The summed E-state index contributed by atoms with van der Waals surface area (Å²) in [5.74, 6) is 3.09. The molecule has 0 radical (unpaired) electrons. The highest BCUT2D eigenvalue weighted by molar-refractivity contribution is 7.80. The van der Waals surface area contributed by atoms with Gasteiger partial charge in [-0.1, -0.05) is 32.1 Å². The van der Waals surface area contributed by atoms with Crippen LogP contribution in [0, 0.1) is 11.8 Å². The lowest BCUT2D eigenvalue weighted by atomic mass is 9.76. The van der Waals surface area contributed by atoms with Crippen LogP contribution in [-0.4, -0.2) is 40.1 Å². The fourth-order valence-electron chi connectivity index (χ4n) is 4.32. The van der Waals surface area contributed by atoms with E-state index in [2.05, 4.69) is 25.3 Å². The van der Waals surface area contributed by atoms with Crippen LogP contribution in [0.1, 0.15) is 65.7 Å². The Morgan fingerprint density at radius 1 is 0.833 bits per heavy atom. The molecule has 6 heteroatoms. The minimum atomic E-state index is -2.71. The van der Waals surface area contributed by atoms with E-state index in [1.54, 1.807) is 0 Å². The van der Waals surface area contributed by atoms with Gasteiger partial charge in [-0.15, -0.1) is 0 Å². The summed E-state index contributed by atoms with van der Waals surface area (Å²) in [6.45, 7) is 8.08. The molecule has 1 aliphatic rings. The number of hydrogen-bond acceptors (Lipinski definition) is 5. The van der Waals surface area contributed by atoms with Crippen LogP contribution < -0.4 is 0 Å². The summed E-state index contributed by atoms with van der Waals surface area (Å²) < 4.78 is 18.8. The Morgan fingerprint density at radius 2 is 1.33 bits per heavy atom. The molecule has 0 heterocycles. The smallest absolute Gasteiger partial charge is 0.374 e. The van der Waals surface area contributed by atoms with E-state index in [4.69, 9.17) is 13.3 Å². The van der Waals surface area contributed by atoms with Crippen LogP contribution in [-0.2, 0) is 13.3 Å². The fraction of sp³-hybridized carbons (Fsp3) is 1.00. The van der Waals surface area contributed by atoms with E-state index in [1.807, 2.05) is 20.8 Å². The van der Waals surface area contributed by atoms with Crippen molar-refractivity contribution in [3.8, 4) is 0 Å². The number of hydrogen-bond donors (Lipinski definition) is 2. The van der Waals surface area contributed by atoms with E-state index in [-0.39, 0.29) is 0 Å². The molecule has 0 N–H and O–H groups in total. The topological polar surface area (TPSA) is 27.7 Å². The second-order valence-corrected chi connectivity index (χ2v) is 10.3. The molecule has 0 aromatic rings. The largest absolute Gasteiger partial charge is 0.504 e. The normalized spacial score (nSPS) is 19.4. The Labute approximate surface area is 161 Å². The molecular formula is C18H38O3S2Si. The average Bonchev–Trinajstić information content (AvgIpc) is 2.59.